The maximum Gasteiger partial charge on any atom is 0.391 e. The molecule has 1 saturated carbocycles. The number of sulfone groups is 1. The van der Waals surface area contributed by atoms with Gasteiger partial charge >= 0.3 is 6.18 Å². The number of amides is 1. The fourth-order valence-corrected chi connectivity index (χ4v) is 6.23. The highest BCUT2D eigenvalue weighted by Crippen LogP contribution is 2.40. The van der Waals surface area contributed by atoms with E-state index in [0.717, 1.165) is 16.6 Å². The molecule has 7 nitrogen and oxygen atoms in total. The molecule has 3 aromatic rings. The summed E-state index contributed by atoms with van der Waals surface area (Å²) in [5, 5.41) is 10.9. The number of aromatic amines is 1. The molecule has 2 aromatic heterocycles. The smallest absolute Gasteiger partial charge is 0.391 e. The number of hydrogen-bond acceptors (Lipinski definition) is 5. The second-order valence-electron chi connectivity index (χ2n) is 10.2. The first kappa shape index (κ1) is 29.1. The highest BCUT2D eigenvalue weighted by molar-refractivity contribution is 7.91. The Morgan fingerprint density at radius 3 is 2.41 bits per heavy atom. The summed E-state index contributed by atoms with van der Waals surface area (Å²) in [6.45, 7) is 3.23. The molecule has 0 radical (unpaired) electrons. The van der Waals surface area contributed by atoms with Crippen molar-refractivity contribution in [3.8, 4) is 0 Å². The van der Waals surface area contributed by atoms with Crippen molar-refractivity contribution in [3.63, 3.8) is 0 Å². The number of aromatic nitrogens is 2. The Hall–Kier alpha value is -2.92. The van der Waals surface area contributed by atoms with Crippen molar-refractivity contribution in [2.75, 3.05) is 18.9 Å². The number of fused-ring (bicyclic) bond motifs is 1. The normalized spacial score (nSPS) is 19.2. The van der Waals surface area contributed by atoms with Crippen molar-refractivity contribution >= 4 is 26.6 Å². The van der Waals surface area contributed by atoms with Crippen LogP contribution in [0, 0.1) is 11.8 Å². The number of rotatable bonds is 9. The van der Waals surface area contributed by atoms with Crippen molar-refractivity contribution in [2.24, 2.45) is 11.8 Å². The zero-order chi connectivity index (χ0) is 28.4. The number of benzene rings is 1. The van der Waals surface area contributed by atoms with Crippen LogP contribution >= 0.6 is 0 Å². The van der Waals surface area contributed by atoms with Gasteiger partial charge in [-0.1, -0.05) is 6.92 Å². The lowest BCUT2D eigenvalue weighted by Gasteiger charge is -2.29. The van der Waals surface area contributed by atoms with Gasteiger partial charge in [0, 0.05) is 34.9 Å². The number of likely N-dealkylation sites (N-methyl/N-ethyl adjacent to an activating group) is 1. The fourth-order valence-electron chi connectivity index (χ4n) is 5.40. The zero-order valence-electron chi connectivity index (χ0n) is 22.0. The molecule has 39 heavy (non-hydrogen) atoms. The van der Waals surface area contributed by atoms with Crippen molar-refractivity contribution in [1.29, 1.82) is 0 Å². The van der Waals surface area contributed by atoms with Gasteiger partial charge in [-0.3, -0.25) is 9.78 Å². The molecule has 0 unspecified atom stereocenters. The SMILES string of the molecule is CCN(C(=O)c1ccc2[nH]c(CC3CCC(C(F)(F)F)CC3)cc2c1)[C@@H](CO)c1ccc(S(=O)(=O)CC)cn1. The van der Waals surface area contributed by atoms with Gasteiger partial charge in [-0.05, 0) is 81.3 Å². The second-order valence-corrected chi connectivity index (χ2v) is 12.4. The predicted octanol–water partition coefficient (Wildman–Crippen LogP) is 5.46. The van der Waals surface area contributed by atoms with Crippen LogP contribution in [0.2, 0.25) is 0 Å². The summed E-state index contributed by atoms with van der Waals surface area (Å²) in [5.74, 6) is -1.38. The van der Waals surface area contributed by atoms with E-state index in [1.165, 1.54) is 23.2 Å². The molecule has 0 bridgehead atoms. The molecule has 2 heterocycles. The molecule has 212 valence electrons. The highest BCUT2D eigenvalue weighted by Gasteiger charge is 2.41. The van der Waals surface area contributed by atoms with E-state index in [1.54, 1.807) is 32.0 Å². The summed E-state index contributed by atoms with van der Waals surface area (Å²) < 4.78 is 63.2. The third-order valence-electron chi connectivity index (χ3n) is 7.73. The number of H-pyrrole nitrogens is 1. The van der Waals surface area contributed by atoms with Crippen LogP contribution in [0.25, 0.3) is 10.9 Å². The number of aliphatic hydroxyl groups excluding tert-OH is 1. The van der Waals surface area contributed by atoms with Gasteiger partial charge in [0.25, 0.3) is 5.91 Å². The summed E-state index contributed by atoms with van der Waals surface area (Å²) in [5.41, 5.74) is 2.57. The van der Waals surface area contributed by atoms with Crippen molar-refractivity contribution in [1.82, 2.24) is 14.9 Å². The maximum atomic E-state index is 13.5. The topological polar surface area (TPSA) is 103 Å². The predicted molar refractivity (Wildman–Crippen MR) is 142 cm³/mol. The van der Waals surface area contributed by atoms with E-state index in [9.17, 15) is 31.5 Å². The molecule has 1 fully saturated rings. The van der Waals surface area contributed by atoms with Gasteiger partial charge in [0.2, 0.25) is 0 Å². The highest BCUT2D eigenvalue weighted by atomic mass is 32.2. The van der Waals surface area contributed by atoms with Crippen molar-refractivity contribution < 1.29 is 31.5 Å². The Bertz CT molecular complexity index is 1400. The lowest BCUT2D eigenvalue weighted by atomic mass is 9.80. The number of nitrogens with zero attached hydrogens (tertiary/aromatic N) is 2. The van der Waals surface area contributed by atoms with Crippen LogP contribution in [0.4, 0.5) is 13.2 Å². The number of pyridine rings is 1. The van der Waals surface area contributed by atoms with E-state index in [2.05, 4.69) is 9.97 Å². The number of alkyl halides is 3. The molecule has 1 aliphatic carbocycles. The van der Waals surface area contributed by atoms with Crippen LogP contribution in [0.3, 0.4) is 0 Å². The van der Waals surface area contributed by atoms with Crippen molar-refractivity contribution in [2.45, 2.75) is 63.1 Å². The summed E-state index contributed by atoms with van der Waals surface area (Å²) in [6.07, 6.45) is -0.807. The lowest BCUT2D eigenvalue weighted by molar-refractivity contribution is -0.183. The van der Waals surface area contributed by atoms with Crippen LogP contribution < -0.4 is 0 Å². The quantitative estimate of drug-likeness (QED) is 0.359. The van der Waals surface area contributed by atoms with E-state index in [0.29, 0.717) is 30.5 Å². The van der Waals surface area contributed by atoms with Crippen molar-refractivity contribution in [3.05, 3.63) is 59.5 Å². The molecule has 0 aliphatic heterocycles. The molecule has 0 saturated heterocycles. The average molecular weight is 566 g/mol. The van der Waals surface area contributed by atoms with Crippen LogP contribution in [0.5, 0.6) is 0 Å². The van der Waals surface area contributed by atoms with E-state index < -0.39 is 28.0 Å². The minimum absolute atomic E-state index is 0.0560. The van der Waals surface area contributed by atoms with E-state index >= 15 is 0 Å². The summed E-state index contributed by atoms with van der Waals surface area (Å²) in [4.78, 5) is 22.6. The monoisotopic (exact) mass is 565 g/mol. The summed E-state index contributed by atoms with van der Waals surface area (Å²) in [7, 11) is -3.42. The first-order valence-electron chi connectivity index (χ1n) is 13.3. The molecule has 1 aromatic carbocycles. The Labute approximate surface area is 226 Å². The number of aliphatic hydroxyl groups is 1. The average Bonchev–Trinajstić information content (AvgIpc) is 3.32. The maximum absolute atomic E-state index is 13.5. The third kappa shape index (κ3) is 6.46. The third-order valence-corrected chi connectivity index (χ3v) is 9.45. The number of hydrogen-bond donors (Lipinski definition) is 2. The van der Waals surface area contributed by atoms with Crippen LogP contribution in [-0.4, -0.2) is 59.4 Å². The molecule has 0 spiro atoms. The summed E-state index contributed by atoms with van der Waals surface area (Å²) in [6, 6.07) is 9.40. The molecular weight excluding hydrogens is 531 g/mol. The van der Waals surface area contributed by atoms with E-state index in [4.69, 9.17) is 0 Å². The number of carbonyl (C=O) groups is 1. The molecule has 1 amide bonds. The largest absolute Gasteiger partial charge is 0.394 e. The minimum Gasteiger partial charge on any atom is -0.394 e. The Morgan fingerprint density at radius 2 is 1.85 bits per heavy atom. The van der Waals surface area contributed by atoms with E-state index in [-0.39, 0.29) is 48.5 Å². The Morgan fingerprint density at radius 1 is 1.13 bits per heavy atom. The Balaban J connectivity index is 1.49. The molecule has 11 heteroatoms. The molecule has 1 atom stereocenters. The van der Waals surface area contributed by atoms with Crippen LogP contribution in [0.1, 0.15) is 67.3 Å². The van der Waals surface area contributed by atoms with Gasteiger partial charge in [-0.25, -0.2) is 8.42 Å². The van der Waals surface area contributed by atoms with Gasteiger partial charge in [0.05, 0.1) is 34.9 Å². The first-order valence-corrected chi connectivity index (χ1v) is 14.9. The van der Waals surface area contributed by atoms with Gasteiger partial charge in [-0.15, -0.1) is 0 Å². The van der Waals surface area contributed by atoms with Gasteiger partial charge in [-0.2, -0.15) is 13.2 Å². The lowest BCUT2D eigenvalue weighted by Crippen LogP contribution is -2.37. The molecule has 2 N–H and O–H groups in total. The van der Waals surface area contributed by atoms with Gasteiger partial charge < -0.3 is 15.0 Å². The summed E-state index contributed by atoms with van der Waals surface area (Å²) >= 11 is 0. The van der Waals surface area contributed by atoms with Gasteiger partial charge in [0.1, 0.15) is 0 Å². The zero-order valence-corrected chi connectivity index (χ0v) is 22.9. The first-order chi connectivity index (χ1) is 18.5. The molecule has 4 rings (SSSR count). The second kappa shape index (κ2) is 11.7. The van der Waals surface area contributed by atoms with Crippen LogP contribution in [-0.2, 0) is 16.3 Å². The Kier molecular flexibility index (Phi) is 8.70. The number of halogens is 3. The van der Waals surface area contributed by atoms with Crippen LogP contribution in [0.15, 0.2) is 47.5 Å². The molecule has 1 aliphatic rings. The minimum atomic E-state index is -4.12. The number of carbonyl (C=O) groups excluding carboxylic acids is 1. The number of nitrogens with one attached hydrogen (secondary N) is 1. The van der Waals surface area contributed by atoms with Gasteiger partial charge in [0.15, 0.2) is 9.84 Å². The fraction of sp³-hybridized carbons (Fsp3) is 0.500. The van der Waals surface area contributed by atoms with E-state index in [1.807, 2.05) is 6.07 Å². The molecular formula is C28H34F3N3O4S. The standard InChI is InChI=1S/C28H34F3N3O4S/c1-3-34(26(17-35)25-12-10-23(16-32-25)39(37,38)4-2)27(36)19-7-11-24-20(14-19)15-22(33-24)13-18-5-8-21(9-6-18)28(29,30)31/h7,10-12,14-16,18,21,26,33,35H,3-6,8-9,13,17H2,1-2H3/t18?,21?,26-/m0/s1.